The van der Waals surface area contributed by atoms with Crippen molar-refractivity contribution in [3.05, 3.63) is 53.9 Å². The van der Waals surface area contributed by atoms with Gasteiger partial charge >= 0.3 is 0 Å². The number of ether oxygens (including phenoxy) is 1. The van der Waals surface area contributed by atoms with Gasteiger partial charge in [0, 0.05) is 18.7 Å². The first-order valence-electron chi connectivity index (χ1n) is 5.93. The lowest BCUT2D eigenvalue weighted by Gasteiger charge is -2.06. The normalized spacial score (nSPS) is 10.1. The molecule has 0 radical (unpaired) electrons. The zero-order valence-electron chi connectivity index (χ0n) is 10.5. The van der Waals surface area contributed by atoms with Gasteiger partial charge in [-0.3, -0.25) is 9.78 Å². The number of pyridine rings is 1. The van der Waals surface area contributed by atoms with Gasteiger partial charge in [-0.2, -0.15) is 0 Å². The quantitative estimate of drug-likeness (QED) is 0.765. The molecular formula is C15H15NO2. The van der Waals surface area contributed by atoms with Gasteiger partial charge in [-0.25, -0.2) is 0 Å². The molecule has 1 aromatic carbocycles. The molecule has 0 unspecified atom stereocenters. The molecule has 0 N–H and O–H groups in total. The molecule has 2 rings (SSSR count). The number of hydrogen-bond acceptors (Lipinski definition) is 3. The van der Waals surface area contributed by atoms with E-state index in [0.29, 0.717) is 17.9 Å². The molecule has 0 fully saturated rings. The Morgan fingerprint density at radius 1 is 1.17 bits per heavy atom. The third-order valence-corrected chi connectivity index (χ3v) is 2.59. The number of Topliss-reactive ketones (excluding diaryl/α,β-unsaturated/α-hetero) is 1. The van der Waals surface area contributed by atoms with E-state index in [1.165, 1.54) is 5.56 Å². The third kappa shape index (κ3) is 2.94. The van der Waals surface area contributed by atoms with Gasteiger partial charge in [-0.1, -0.05) is 24.6 Å². The van der Waals surface area contributed by atoms with Gasteiger partial charge in [0.1, 0.15) is 17.2 Å². The minimum Gasteiger partial charge on any atom is -0.457 e. The first kappa shape index (κ1) is 12.3. The lowest BCUT2D eigenvalue weighted by atomic mass is 10.2. The van der Waals surface area contributed by atoms with E-state index in [2.05, 4.69) is 4.98 Å². The van der Waals surface area contributed by atoms with Crippen LogP contribution in [0.25, 0.3) is 0 Å². The summed E-state index contributed by atoms with van der Waals surface area (Å²) in [4.78, 5) is 15.6. The van der Waals surface area contributed by atoms with Crippen LogP contribution in [0.3, 0.4) is 0 Å². The maximum absolute atomic E-state index is 11.5. The molecule has 3 heteroatoms. The van der Waals surface area contributed by atoms with E-state index in [0.717, 1.165) is 5.75 Å². The lowest BCUT2D eigenvalue weighted by molar-refractivity contribution is 0.0983. The van der Waals surface area contributed by atoms with Crippen molar-refractivity contribution >= 4 is 5.78 Å². The van der Waals surface area contributed by atoms with Crippen molar-refractivity contribution in [2.45, 2.75) is 20.3 Å². The number of aryl methyl sites for hydroxylation is 1. The molecule has 0 spiro atoms. The predicted molar refractivity (Wildman–Crippen MR) is 70.1 cm³/mol. The first-order valence-corrected chi connectivity index (χ1v) is 5.93. The van der Waals surface area contributed by atoms with Crippen LogP contribution in [-0.2, 0) is 0 Å². The zero-order chi connectivity index (χ0) is 13.0. The summed E-state index contributed by atoms with van der Waals surface area (Å²) in [6.07, 6.45) is 2.04. The van der Waals surface area contributed by atoms with E-state index in [4.69, 9.17) is 4.74 Å². The summed E-state index contributed by atoms with van der Waals surface area (Å²) < 4.78 is 5.68. The van der Waals surface area contributed by atoms with Gasteiger partial charge in [-0.15, -0.1) is 0 Å². The smallest absolute Gasteiger partial charge is 0.181 e. The number of aromatic nitrogens is 1. The molecule has 92 valence electrons. The van der Waals surface area contributed by atoms with Crippen molar-refractivity contribution in [1.82, 2.24) is 4.98 Å². The highest BCUT2D eigenvalue weighted by atomic mass is 16.5. The molecule has 0 saturated carbocycles. The number of hydrogen-bond donors (Lipinski definition) is 0. The van der Waals surface area contributed by atoms with Gasteiger partial charge in [0.25, 0.3) is 0 Å². The number of rotatable bonds is 4. The topological polar surface area (TPSA) is 39.2 Å². The fourth-order valence-electron chi connectivity index (χ4n) is 1.55. The highest BCUT2D eigenvalue weighted by Crippen LogP contribution is 2.21. The lowest BCUT2D eigenvalue weighted by Crippen LogP contribution is -2.00. The monoisotopic (exact) mass is 241 g/mol. The molecule has 0 aliphatic rings. The molecular weight excluding hydrogens is 226 g/mol. The Kier molecular flexibility index (Phi) is 3.72. The highest BCUT2D eigenvalue weighted by molar-refractivity contribution is 5.94. The Morgan fingerprint density at radius 3 is 2.56 bits per heavy atom. The van der Waals surface area contributed by atoms with Crippen molar-refractivity contribution in [2.75, 3.05) is 0 Å². The molecule has 0 bridgehead atoms. The van der Waals surface area contributed by atoms with Crippen LogP contribution in [-0.4, -0.2) is 10.8 Å². The number of ketones is 1. The minimum absolute atomic E-state index is 0.0179. The summed E-state index contributed by atoms with van der Waals surface area (Å²) in [5, 5.41) is 0. The van der Waals surface area contributed by atoms with Crippen LogP contribution in [0, 0.1) is 6.92 Å². The van der Waals surface area contributed by atoms with Crippen LogP contribution in [0.15, 0.2) is 42.6 Å². The number of carbonyl (C=O) groups excluding carboxylic acids is 1. The molecule has 0 aliphatic carbocycles. The second-order valence-corrected chi connectivity index (χ2v) is 4.07. The summed E-state index contributed by atoms with van der Waals surface area (Å²) in [6, 6.07) is 11.2. The summed E-state index contributed by atoms with van der Waals surface area (Å²) >= 11 is 0. The maximum atomic E-state index is 11.5. The van der Waals surface area contributed by atoms with Gasteiger partial charge in [0.15, 0.2) is 5.78 Å². The van der Waals surface area contributed by atoms with Crippen LogP contribution in [0.2, 0.25) is 0 Å². The number of nitrogens with zero attached hydrogens (tertiary/aromatic N) is 1. The molecule has 18 heavy (non-hydrogen) atoms. The van der Waals surface area contributed by atoms with Crippen molar-refractivity contribution in [2.24, 2.45) is 0 Å². The molecule has 1 aromatic heterocycles. The average molecular weight is 241 g/mol. The van der Waals surface area contributed by atoms with Crippen LogP contribution in [0.4, 0.5) is 0 Å². The Labute approximate surface area is 106 Å². The third-order valence-electron chi connectivity index (χ3n) is 2.59. The summed E-state index contributed by atoms with van der Waals surface area (Å²) in [5.74, 6) is 1.40. The summed E-state index contributed by atoms with van der Waals surface area (Å²) in [6.45, 7) is 3.84. The number of benzene rings is 1. The molecule has 0 aliphatic heterocycles. The van der Waals surface area contributed by atoms with Gasteiger partial charge in [0.2, 0.25) is 0 Å². The molecule has 2 aromatic rings. The van der Waals surface area contributed by atoms with Crippen molar-refractivity contribution in [3.8, 4) is 11.5 Å². The highest BCUT2D eigenvalue weighted by Gasteiger charge is 2.06. The van der Waals surface area contributed by atoms with Crippen LogP contribution in [0.1, 0.15) is 29.4 Å². The Hall–Kier alpha value is -2.16. The maximum Gasteiger partial charge on any atom is 0.181 e. The van der Waals surface area contributed by atoms with Crippen molar-refractivity contribution in [3.63, 3.8) is 0 Å². The van der Waals surface area contributed by atoms with Crippen molar-refractivity contribution < 1.29 is 9.53 Å². The van der Waals surface area contributed by atoms with E-state index < -0.39 is 0 Å². The second-order valence-electron chi connectivity index (χ2n) is 4.07. The SMILES string of the molecule is CCC(=O)c1cc(Oc2ccc(C)cc2)ccn1. The van der Waals surface area contributed by atoms with Gasteiger partial charge < -0.3 is 4.74 Å². The summed E-state index contributed by atoms with van der Waals surface area (Å²) in [5.41, 5.74) is 1.63. The fraction of sp³-hybridized carbons (Fsp3) is 0.200. The van der Waals surface area contributed by atoms with E-state index in [1.54, 1.807) is 18.3 Å². The van der Waals surface area contributed by atoms with Crippen LogP contribution < -0.4 is 4.74 Å². The Morgan fingerprint density at radius 2 is 1.89 bits per heavy atom. The van der Waals surface area contributed by atoms with E-state index >= 15 is 0 Å². The Bertz CT molecular complexity index is 547. The predicted octanol–water partition coefficient (Wildman–Crippen LogP) is 3.78. The second kappa shape index (κ2) is 5.45. The average Bonchev–Trinajstić information content (AvgIpc) is 2.41. The number of carbonyl (C=O) groups is 1. The van der Waals surface area contributed by atoms with Crippen LogP contribution >= 0.6 is 0 Å². The molecule has 0 amide bonds. The standard InChI is InChI=1S/C15H15NO2/c1-3-15(17)14-10-13(8-9-16-14)18-12-6-4-11(2)5-7-12/h4-10H,3H2,1-2H3. The summed E-state index contributed by atoms with van der Waals surface area (Å²) in [7, 11) is 0. The van der Waals surface area contributed by atoms with Gasteiger partial charge in [0.05, 0.1) is 0 Å². The molecule has 0 atom stereocenters. The largest absolute Gasteiger partial charge is 0.457 e. The van der Waals surface area contributed by atoms with E-state index in [1.807, 2.05) is 38.1 Å². The molecule has 0 saturated heterocycles. The Balaban J connectivity index is 2.19. The fourth-order valence-corrected chi connectivity index (χ4v) is 1.55. The van der Waals surface area contributed by atoms with Crippen LogP contribution in [0.5, 0.6) is 11.5 Å². The zero-order valence-corrected chi connectivity index (χ0v) is 10.5. The van der Waals surface area contributed by atoms with Gasteiger partial charge in [-0.05, 0) is 25.1 Å². The molecule has 3 nitrogen and oxygen atoms in total. The minimum atomic E-state index is 0.0179. The van der Waals surface area contributed by atoms with E-state index in [-0.39, 0.29) is 5.78 Å². The van der Waals surface area contributed by atoms with E-state index in [9.17, 15) is 4.79 Å². The van der Waals surface area contributed by atoms with Crippen molar-refractivity contribution in [1.29, 1.82) is 0 Å². The first-order chi connectivity index (χ1) is 8.69. The molecule has 1 heterocycles.